The molecular weight excluding hydrogens is 200 g/mol. The number of hydrogen-bond acceptors (Lipinski definition) is 2. The Labute approximate surface area is 98.6 Å². The first-order valence-corrected chi connectivity index (χ1v) is 6.68. The van der Waals surface area contributed by atoms with Gasteiger partial charge in [-0.05, 0) is 38.6 Å². The number of carbonyl (C=O) groups excluding carboxylic acids is 1. The van der Waals surface area contributed by atoms with E-state index in [1.165, 1.54) is 32.1 Å². The van der Waals surface area contributed by atoms with E-state index >= 15 is 0 Å². The molecule has 0 bridgehead atoms. The second-order valence-corrected chi connectivity index (χ2v) is 5.39. The van der Waals surface area contributed by atoms with E-state index in [2.05, 4.69) is 10.2 Å². The van der Waals surface area contributed by atoms with Gasteiger partial charge in [-0.2, -0.15) is 0 Å². The van der Waals surface area contributed by atoms with Crippen LogP contribution in [0.3, 0.4) is 0 Å². The minimum atomic E-state index is -0.0276. The van der Waals surface area contributed by atoms with Crippen LogP contribution in [-0.2, 0) is 4.79 Å². The third-order valence-electron chi connectivity index (χ3n) is 4.41. The van der Waals surface area contributed by atoms with Gasteiger partial charge in [0.05, 0.1) is 6.04 Å². The molecule has 92 valence electrons. The van der Waals surface area contributed by atoms with Crippen molar-refractivity contribution in [1.82, 2.24) is 10.2 Å². The summed E-state index contributed by atoms with van der Waals surface area (Å²) in [7, 11) is 1.86. The first-order valence-electron chi connectivity index (χ1n) is 6.68. The number of likely N-dealkylation sites (tertiary alicyclic amines) is 1. The zero-order valence-electron chi connectivity index (χ0n) is 10.5. The molecule has 3 unspecified atom stereocenters. The normalized spacial score (nSPS) is 32.0. The lowest BCUT2D eigenvalue weighted by atomic mass is 9.75. The summed E-state index contributed by atoms with van der Waals surface area (Å²) < 4.78 is 0. The molecule has 1 amide bonds. The molecule has 1 saturated carbocycles. The van der Waals surface area contributed by atoms with E-state index in [1.54, 1.807) is 0 Å². The van der Waals surface area contributed by atoms with Gasteiger partial charge >= 0.3 is 0 Å². The monoisotopic (exact) mass is 224 g/mol. The molecule has 3 heteroatoms. The van der Waals surface area contributed by atoms with Gasteiger partial charge in [0, 0.05) is 13.1 Å². The van der Waals surface area contributed by atoms with Crippen molar-refractivity contribution in [3.05, 3.63) is 0 Å². The number of fused-ring (bicyclic) bond motifs is 1. The zero-order valence-corrected chi connectivity index (χ0v) is 10.5. The van der Waals surface area contributed by atoms with Crippen molar-refractivity contribution in [2.45, 2.75) is 45.1 Å². The molecule has 1 aliphatic heterocycles. The fourth-order valence-electron chi connectivity index (χ4n) is 3.20. The molecular formula is C13H24N2O. The highest BCUT2D eigenvalue weighted by Crippen LogP contribution is 2.36. The Morgan fingerprint density at radius 1 is 1.25 bits per heavy atom. The van der Waals surface area contributed by atoms with Crippen LogP contribution < -0.4 is 5.32 Å². The van der Waals surface area contributed by atoms with E-state index in [0.717, 1.165) is 24.9 Å². The molecule has 0 radical (unpaired) electrons. The Morgan fingerprint density at radius 2 is 1.94 bits per heavy atom. The van der Waals surface area contributed by atoms with Gasteiger partial charge in [0.1, 0.15) is 0 Å². The topological polar surface area (TPSA) is 32.3 Å². The largest absolute Gasteiger partial charge is 0.341 e. The van der Waals surface area contributed by atoms with E-state index in [9.17, 15) is 4.79 Å². The second-order valence-electron chi connectivity index (χ2n) is 5.39. The Kier molecular flexibility index (Phi) is 3.85. The number of nitrogens with zero attached hydrogens (tertiary/aromatic N) is 1. The van der Waals surface area contributed by atoms with Crippen LogP contribution in [-0.4, -0.2) is 37.0 Å². The second kappa shape index (κ2) is 5.17. The van der Waals surface area contributed by atoms with E-state index in [-0.39, 0.29) is 11.9 Å². The van der Waals surface area contributed by atoms with Crippen LogP contribution in [0.5, 0.6) is 0 Å². The molecule has 3 atom stereocenters. The van der Waals surface area contributed by atoms with Crippen molar-refractivity contribution in [3.63, 3.8) is 0 Å². The minimum Gasteiger partial charge on any atom is -0.341 e. The van der Waals surface area contributed by atoms with Gasteiger partial charge in [0.15, 0.2) is 0 Å². The summed E-state index contributed by atoms with van der Waals surface area (Å²) in [5.74, 6) is 1.98. The maximum absolute atomic E-state index is 12.1. The number of carbonyl (C=O) groups is 1. The van der Waals surface area contributed by atoms with Crippen LogP contribution in [0.25, 0.3) is 0 Å². The minimum absolute atomic E-state index is 0.0276. The summed E-state index contributed by atoms with van der Waals surface area (Å²) in [4.78, 5) is 14.1. The van der Waals surface area contributed by atoms with Gasteiger partial charge in [-0.25, -0.2) is 0 Å². The average molecular weight is 224 g/mol. The van der Waals surface area contributed by atoms with E-state index < -0.39 is 0 Å². The highest BCUT2D eigenvalue weighted by molar-refractivity contribution is 5.81. The lowest BCUT2D eigenvalue weighted by Gasteiger charge is -2.42. The van der Waals surface area contributed by atoms with Crippen LogP contribution in [0.4, 0.5) is 0 Å². The fourth-order valence-corrected chi connectivity index (χ4v) is 3.20. The van der Waals surface area contributed by atoms with Crippen molar-refractivity contribution >= 4 is 5.91 Å². The van der Waals surface area contributed by atoms with E-state index in [0.29, 0.717) is 0 Å². The van der Waals surface area contributed by atoms with Crippen LogP contribution in [0.2, 0.25) is 0 Å². The molecule has 0 aromatic heterocycles. The van der Waals surface area contributed by atoms with E-state index in [1.807, 2.05) is 14.0 Å². The SMILES string of the molecule is CNC(C)C(=O)N1CCC2CCCCC2C1. The van der Waals surface area contributed by atoms with Crippen molar-refractivity contribution < 1.29 is 4.79 Å². The molecule has 1 heterocycles. The molecule has 2 fully saturated rings. The van der Waals surface area contributed by atoms with Crippen LogP contribution in [0, 0.1) is 11.8 Å². The van der Waals surface area contributed by atoms with Gasteiger partial charge < -0.3 is 10.2 Å². The highest BCUT2D eigenvalue weighted by Gasteiger charge is 2.33. The first-order chi connectivity index (χ1) is 7.72. The molecule has 1 saturated heterocycles. The van der Waals surface area contributed by atoms with Crippen molar-refractivity contribution in [3.8, 4) is 0 Å². The molecule has 16 heavy (non-hydrogen) atoms. The summed E-state index contributed by atoms with van der Waals surface area (Å²) in [6.07, 6.45) is 6.73. The number of rotatable bonds is 2. The third kappa shape index (κ3) is 2.40. The first kappa shape index (κ1) is 11.9. The van der Waals surface area contributed by atoms with Gasteiger partial charge in [0.2, 0.25) is 5.91 Å². The number of likely N-dealkylation sites (N-methyl/N-ethyl adjacent to an activating group) is 1. The van der Waals surface area contributed by atoms with Crippen molar-refractivity contribution in [1.29, 1.82) is 0 Å². The Balaban J connectivity index is 1.92. The standard InChI is InChI=1S/C13H24N2O/c1-10(14-2)13(16)15-8-7-11-5-3-4-6-12(11)9-15/h10-12,14H,3-9H2,1-2H3. The molecule has 0 spiro atoms. The molecule has 2 aliphatic rings. The number of amides is 1. The lowest BCUT2D eigenvalue weighted by Crippen LogP contribution is -2.50. The summed E-state index contributed by atoms with van der Waals surface area (Å²) in [6, 6.07) is -0.0276. The van der Waals surface area contributed by atoms with Crippen LogP contribution >= 0.6 is 0 Å². The Morgan fingerprint density at radius 3 is 2.62 bits per heavy atom. The van der Waals surface area contributed by atoms with Crippen molar-refractivity contribution in [2.75, 3.05) is 20.1 Å². The average Bonchev–Trinajstić information content (AvgIpc) is 2.36. The highest BCUT2D eigenvalue weighted by atomic mass is 16.2. The molecule has 0 aromatic carbocycles. The predicted octanol–water partition coefficient (Wildman–Crippen LogP) is 1.63. The summed E-state index contributed by atoms with van der Waals surface area (Å²) in [5, 5.41) is 3.04. The molecule has 2 rings (SSSR count). The van der Waals surface area contributed by atoms with E-state index in [4.69, 9.17) is 0 Å². The van der Waals surface area contributed by atoms with Crippen LogP contribution in [0.1, 0.15) is 39.0 Å². The van der Waals surface area contributed by atoms with Gasteiger partial charge in [-0.1, -0.05) is 19.3 Å². The number of piperidine rings is 1. The maximum atomic E-state index is 12.1. The summed E-state index contributed by atoms with van der Waals surface area (Å²) >= 11 is 0. The maximum Gasteiger partial charge on any atom is 0.239 e. The Hall–Kier alpha value is -0.570. The Bertz CT molecular complexity index is 254. The van der Waals surface area contributed by atoms with Crippen LogP contribution in [0.15, 0.2) is 0 Å². The summed E-state index contributed by atoms with van der Waals surface area (Å²) in [6.45, 7) is 3.94. The van der Waals surface area contributed by atoms with Gasteiger partial charge in [-0.3, -0.25) is 4.79 Å². The third-order valence-corrected chi connectivity index (χ3v) is 4.41. The molecule has 1 aliphatic carbocycles. The smallest absolute Gasteiger partial charge is 0.239 e. The fraction of sp³-hybridized carbons (Fsp3) is 0.923. The molecule has 3 nitrogen and oxygen atoms in total. The van der Waals surface area contributed by atoms with Gasteiger partial charge in [-0.15, -0.1) is 0 Å². The number of hydrogen-bond donors (Lipinski definition) is 1. The number of nitrogens with one attached hydrogen (secondary N) is 1. The van der Waals surface area contributed by atoms with Crippen molar-refractivity contribution in [2.24, 2.45) is 11.8 Å². The zero-order chi connectivity index (χ0) is 11.5. The van der Waals surface area contributed by atoms with Gasteiger partial charge in [0.25, 0.3) is 0 Å². The molecule has 0 aromatic rings. The lowest BCUT2D eigenvalue weighted by molar-refractivity contribution is -0.136. The summed E-state index contributed by atoms with van der Waals surface area (Å²) in [5.41, 5.74) is 0. The molecule has 1 N–H and O–H groups in total. The quantitative estimate of drug-likeness (QED) is 0.773. The predicted molar refractivity (Wildman–Crippen MR) is 65.2 cm³/mol.